The average Bonchev–Trinajstić information content (AvgIpc) is 3.25. The minimum absolute atomic E-state index is 0.0715. The number of rotatable bonds is 4. The van der Waals surface area contributed by atoms with Crippen molar-refractivity contribution in [1.82, 2.24) is 9.36 Å². The Bertz CT molecular complexity index is 954. The molecule has 1 aromatic heterocycles. The molecule has 0 bridgehead atoms. The van der Waals surface area contributed by atoms with Crippen LogP contribution in [0.4, 0.5) is 0 Å². The fourth-order valence-corrected chi connectivity index (χ4v) is 3.60. The largest absolute Gasteiger partial charge is 0.376 e. The standard InChI is InChI=1S/C22H29N3O3/c1-15(26)16-8-6-9-17(12-16)21(27)23-20-13-19(22(2,3)4)24(5)25(20)14-18-10-7-11-28-18/h6,8-9,12-13,18H,7,10-11,14H2,1-5H3/t18-/m1/s1. The van der Waals surface area contributed by atoms with Crippen molar-refractivity contribution >= 4 is 11.7 Å². The average molecular weight is 383 g/mol. The fourth-order valence-electron chi connectivity index (χ4n) is 3.60. The Hall–Kier alpha value is -2.47. The first kappa shape index (κ1) is 20.3. The molecule has 6 nitrogen and oxygen atoms in total. The minimum atomic E-state index is -0.352. The minimum Gasteiger partial charge on any atom is -0.376 e. The first-order chi connectivity index (χ1) is 13.2. The lowest BCUT2D eigenvalue weighted by Gasteiger charge is -2.21. The Balaban J connectivity index is 2.04. The van der Waals surface area contributed by atoms with Crippen molar-refractivity contribution in [3.63, 3.8) is 0 Å². The zero-order valence-corrected chi connectivity index (χ0v) is 17.4. The summed E-state index contributed by atoms with van der Waals surface area (Å²) in [7, 11) is 2.00. The highest BCUT2D eigenvalue weighted by atomic mass is 16.5. The van der Waals surface area contributed by atoms with Crippen LogP contribution < -0.4 is 5.49 Å². The van der Waals surface area contributed by atoms with Gasteiger partial charge in [-0.05, 0) is 31.9 Å². The van der Waals surface area contributed by atoms with Crippen LogP contribution in [0.3, 0.4) is 0 Å². The van der Waals surface area contributed by atoms with Crippen molar-refractivity contribution in [3.8, 4) is 0 Å². The third-order valence-electron chi connectivity index (χ3n) is 5.14. The number of nitrogens with zero attached hydrogens (tertiary/aromatic N) is 3. The van der Waals surface area contributed by atoms with Gasteiger partial charge >= 0.3 is 0 Å². The maximum Gasteiger partial charge on any atom is 0.279 e. The molecule has 1 saturated heterocycles. The summed E-state index contributed by atoms with van der Waals surface area (Å²) in [5.74, 6) is -0.423. The SMILES string of the molecule is CC(=O)c1cccc(C(=O)N=c2cc(C(C)(C)C)n(C)n2C[C@H]2CCCO2)c1. The van der Waals surface area contributed by atoms with Crippen LogP contribution in [0.25, 0.3) is 0 Å². The molecule has 1 amide bonds. The number of hydrogen-bond acceptors (Lipinski definition) is 3. The molecule has 1 aromatic carbocycles. The number of Topliss-reactive ketones (excluding diaryl/α,β-unsaturated/α-hetero) is 1. The third kappa shape index (κ3) is 4.33. The first-order valence-electron chi connectivity index (χ1n) is 9.76. The van der Waals surface area contributed by atoms with Crippen LogP contribution in [-0.4, -0.2) is 33.8 Å². The van der Waals surface area contributed by atoms with Crippen molar-refractivity contribution in [2.45, 2.75) is 58.6 Å². The van der Waals surface area contributed by atoms with Crippen LogP contribution >= 0.6 is 0 Å². The van der Waals surface area contributed by atoms with E-state index in [0.717, 1.165) is 25.1 Å². The molecule has 2 heterocycles. The van der Waals surface area contributed by atoms with Crippen LogP contribution in [0.15, 0.2) is 35.3 Å². The van der Waals surface area contributed by atoms with Gasteiger partial charge in [0.1, 0.15) is 0 Å². The molecule has 0 spiro atoms. The predicted octanol–water partition coefficient (Wildman–Crippen LogP) is 3.25. The van der Waals surface area contributed by atoms with Gasteiger partial charge in [-0.25, -0.2) is 0 Å². The highest BCUT2D eigenvalue weighted by molar-refractivity contribution is 5.99. The predicted molar refractivity (Wildman–Crippen MR) is 107 cm³/mol. The highest BCUT2D eigenvalue weighted by Crippen LogP contribution is 2.21. The van der Waals surface area contributed by atoms with Gasteiger partial charge < -0.3 is 4.74 Å². The van der Waals surface area contributed by atoms with Crippen molar-refractivity contribution < 1.29 is 14.3 Å². The summed E-state index contributed by atoms with van der Waals surface area (Å²) in [6, 6.07) is 8.69. The second-order valence-electron chi connectivity index (χ2n) is 8.43. The van der Waals surface area contributed by atoms with Crippen LogP contribution in [0.2, 0.25) is 0 Å². The van der Waals surface area contributed by atoms with Gasteiger partial charge in [-0.15, -0.1) is 0 Å². The maximum absolute atomic E-state index is 12.8. The number of amides is 1. The van der Waals surface area contributed by atoms with Crippen LogP contribution in [0, 0.1) is 0 Å². The van der Waals surface area contributed by atoms with Crippen LogP contribution in [0.5, 0.6) is 0 Å². The molecule has 150 valence electrons. The zero-order chi connectivity index (χ0) is 20.5. The van der Waals surface area contributed by atoms with Gasteiger partial charge in [0.25, 0.3) is 5.91 Å². The van der Waals surface area contributed by atoms with Gasteiger partial charge in [0.2, 0.25) is 0 Å². The molecule has 1 aliphatic heterocycles. The maximum atomic E-state index is 12.8. The number of ketones is 1. The lowest BCUT2D eigenvalue weighted by molar-refractivity contribution is 0.0885. The Morgan fingerprint density at radius 3 is 2.54 bits per heavy atom. The van der Waals surface area contributed by atoms with E-state index in [9.17, 15) is 9.59 Å². The molecule has 2 aromatic rings. The zero-order valence-electron chi connectivity index (χ0n) is 17.4. The molecule has 1 atom stereocenters. The molecule has 6 heteroatoms. The van der Waals surface area contributed by atoms with Gasteiger partial charge in [-0.3, -0.25) is 19.0 Å². The Kier molecular flexibility index (Phi) is 5.70. The number of carbonyl (C=O) groups excluding carboxylic acids is 2. The summed E-state index contributed by atoms with van der Waals surface area (Å²) in [5.41, 5.74) is 2.54. The summed E-state index contributed by atoms with van der Waals surface area (Å²) in [5, 5.41) is 0. The van der Waals surface area contributed by atoms with E-state index in [1.165, 1.54) is 6.92 Å². The van der Waals surface area contributed by atoms with E-state index >= 15 is 0 Å². The van der Waals surface area contributed by atoms with Crippen molar-refractivity contribution in [3.05, 3.63) is 52.6 Å². The number of benzene rings is 1. The van der Waals surface area contributed by atoms with E-state index in [-0.39, 0.29) is 23.2 Å². The molecular weight excluding hydrogens is 354 g/mol. The van der Waals surface area contributed by atoms with E-state index in [2.05, 4.69) is 30.4 Å². The van der Waals surface area contributed by atoms with Crippen molar-refractivity contribution in [1.29, 1.82) is 0 Å². The van der Waals surface area contributed by atoms with Gasteiger partial charge in [0, 0.05) is 42.0 Å². The molecule has 0 N–H and O–H groups in total. The number of hydrogen-bond donors (Lipinski definition) is 0. The molecule has 0 saturated carbocycles. The van der Waals surface area contributed by atoms with E-state index < -0.39 is 0 Å². The number of ether oxygens (including phenoxy) is 1. The summed E-state index contributed by atoms with van der Waals surface area (Å²) in [6.07, 6.45) is 2.21. The Morgan fingerprint density at radius 2 is 1.93 bits per heavy atom. The Labute approximate surface area is 165 Å². The summed E-state index contributed by atoms with van der Waals surface area (Å²) in [4.78, 5) is 28.8. The molecule has 28 heavy (non-hydrogen) atoms. The topological polar surface area (TPSA) is 65.6 Å². The third-order valence-corrected chi connectivity index (χ3v) is 5.14. The van der Waals surface area contributed by atoms with Gasteiger partial charge in [-0.1, -0.05) is 32.9 Å². The van der Waals surface area contributed by atoms with E-state index in [1.54, 1.807) is 24.3 Å². The number of carbonyl (C=O) groups is 2. The molecule has 0 aliphatic carbocycles. The van der Waals surface area contributed by atoms with Crippen LogP contribution in [-0.2, 0) is 23.7 Å². The molecule has 0 unspecified atom stereocenters. The van der Waals surface area contributed by atoms with E-state index in [4.69, 9.17) is 4.74 Å². The smallest absolute Gasteiger partial charge is 0.279 e. The molecule has 3 rings (SSSR count). The fraction of sp³-hybridized carbons (Fsp3) is 0.500. The second kappa shape index (κ2) is 7.87. The normalized spacial score (nSPS) is 17.9. The van der Waals surface area contributed by atoms with Crippen molar-refractivity contribution in [2.24, 2.45) is 12.0 Å². The molecule has 0 radical (unpaired) electrons. The molecular formula is C22H29N3O3. The van der Waals surface area contributed by atoms with Gasteiger partial charge in [0.05, 0.1) is 12.6 Å². The summed E-state index contributed by atoms with van der Waals surface area (Å²) in [6.45, 7) is 9.35. The monoisotopic (exact) mass is 383 g/mol. The second-order valence-corrected chi connectivity index (χ2v) is 8.43. The summed E-state index contributed by atoms with van der Waals surface area (Å²) < 4.78 is 9.88. The molecule has 1 fully saturated rings. The first-order valence-corrected chi connectivity index (χ1v) is 9.76. The van der Waals surface area contributed by atoms with Crippen molar-refractivity contribution in [2.75, 3.05) is 6.61 Å². The quantitative estimate of drug-likeness (QED) is 0.761. The highest BCUT2D eigenvalue weighted by Gasteiger charge is 2.23. The summed E-state index contributed by atoms with van der Waals surface area (Å²) >= 11 is 0. The lowest BCUT2D eigenvalue weighted by Crippen LogP contribution is -2.30. The lowest BCUT2D eigenvalue weighted by atomic mass is 9.92. The Morgan fingerprint density at radius 1 is 1.21 bits per heavy atom. The van der Waals surface area contributed by atoms with Gasteiger partial charge in [-0.2, -0.15) is 4.99 Å². The number of aromatic nitrogens is 2. The van der Waals surface area contributed by atoms with Gasteiger partial charge in [0.15, 0.2) is 11.3 Å². The van der Waals surface area contributed by atoms with E-state index in [0.29, 0.717) is 23.2 Å². The van der Waals surface area contributed by atoms with E-state index in [1.807, 2.05) is 17.8 Å². The van der Waals surface area contributed by atoms with Crippen LogP contribution in [0.1, 0.15) is 66.9 Å². The molecule has 1 aliphatic rings.